The van der Waals surface area contributed by atoms with Crippen LogP contribution in [0.1, 0.15) is 0 Å². The van der Waals surface area contributed by atoms with Gasteiger partial charge in [0.05, 0.1) is 0 Å². The summed E-state index contributed by atoms with van der Waals surface area (Å²) in [5, 5.41) is 0. The van der Waals surface area contributed by atoms with Crippen LogP contribution >= 0.6 is 19.8 Å². The number of hydrogen-bond acceptors (Lipinski definition) is 0. The standard InChI is InChI=1S/10K.4Ni.70H2O.2H3P.18W/h;;;;;;;;;;;;;;70*1H2;2*1H3;;;;;;;;;;;;;;;;;;. The molecule has 0 amide bonds. The minimum absolute atomic E-state index is 0. The molecule has 0 fully saturated rings. The molecule has 0 aromatic heterocycles. The van der Waals surface area contributed by atoms with Crippen LogP contribution < -0.4 is 0 Å². The second-order valence-electron chi connectivity index (χ2n) is 0. The van der Waals surface area contributed by atoms with Crippen LogP contribution in [0.2, 0.25) is 0 Å². The van der Waals surface area contributed by atoms with Gasteiger partial charge in [0.1, 0.15) is 0 Å². The van der Waals surface area contributed by atoms with Crippen LogP contribution in [0.3, 0.4) is 0 Å². The molecule has 104 heavy (non-hydrogen) atoms. The molecule has 140 N–H and O–H groups in total. The van der Waals surface area contributed by atoms with E-state index < -0.39 is 0 Å². The van der Waals surface area contributed by atoms with Gasteiger partial charge < -0.3 is 383 Å². The first-order valence-electron chi connectivity index (χ1n) is 0. The fourth-order valence-electron chi connectivity index (χ4n) is 0. The zero-order chi connectivity index (χ0) is 0. The predicted molar refractivity (Wildman–Crippen MR) is 333 cm³/mol. The normalized spacial score (nSPS) is 0. The molecule has 10 radical (unpaired) electrons. The van der Waals surface area contributed by atoms with Gasteiger partial charge in [0.2, 0.25) is 0 Å². The van der Waals surface area contributed by atoms with Gasteiger partial charge >= 0.3 is 0 Å². The van der Waals surface area contributed by atoms with E-state index in [4.69, 9.17) is 0 Å². The predicted octanol–water partition coefficient (Wildman–Crippen LogP) is -61.5. The van der Waals surface area contributed by atoms with Gasteiger partial charge in [0.25, 0.3) is 0 Å². The molecule has 0 aliphatic heterocycles. The Bertz CT molecular complexity index is 150. The van der Waals surface area contributed by atoms with Crippen LogP contribution in [0.15, 0.2) is 0 Å². The smallest absolute Gasteiger partial charge is 0 e. The third kappa shape index (κ3) is 2660. The quantitative estimate of drug-likeness (QED) is 0.161. The van der Waals surface area contributed by atoms with Crippen LogP contribution in [0, 0.1) is 0 Å². The molecule has 70 nitrogen and oxygen atoms in total. The third-order valence-corrected chi connectivity index (χ3v) is 0. The van der Waals surface area contributed by atoms with Gasteiger partial charge in [-0.1, -0.05) is 0 Å². The summed E-state index contributed by atoms with van der Waals surface area (Å²) in [6.07, 6.45) is 0. The van der Waals surface area contributed by atoms with Gasteiger partial charge in [-0.2, -0.15) is 19.8 Å². The summed E-state index contributed by atoms with van der Waals surface area (Å²) < 4.78 is 0. The molecule has 104 heteroatoms. The van der Waals surface area contributed by atoms with Crippen molar-refractivity contribution in [2.45, 2.75) is 0 Å². The van der Waals surface area contributed by atoms with E-state index in [2.05, 4.69) is 0 Å². The Morgan fingerprint density at radius 3 is 0.0481 bits per heavy atom. The van der Waals surface area contributed by atoms with Gasteiger partial charge in [-0.05, 0) is 0 Å². The molecule has 0 aliphatic rings. The van der Waals surface area contributed by atoms with Gasteiger partial charge in [0.15, 0.2) is 0 Å². The zero-order valence-corrected chi connectivity index (χ0v) is 146. The fraction of sp³-hybridized carbons (Fsp3) is 0. The summed E-state index contributed by atoms with van der Waals surface area (Å²) in [4.78, 5) is 0. The molecule has 0 aliphatic carbocycles. The van der Waals surface area contributed by atoms with Crippen LogP contribution in [-0.4, -0.2) is 897 Å². The van der Waals surface area contributed by atoms with E-state index in [1.165, 1.54) is 0 Å². The first kappa shape index (κ1) is 2780. The van der Waals surface area contributed by atoms with Crippen molar-refractivity contribution < 1.29 is 828 Å². The summed E-state index contributed by atoms with van der Waals surface area (Å²) in [7, 11) is 0. The number of rotatable bonds is 0. The van der Waals surface area contributed by atoms with Crippen LogP contribution in [0.25, 0.3) is 0 Å². The minimum Gasteiger partial charge on any atom is -0.412 e. The van der Waals surface area contributed by atoms with E-state index in [-0.39, 0.29) is 1360 Å². The summed E-state index contributed by atoms with van der Waals surface area (Å²) >= 11 is 0. The molecule has 0 saturated carbocycles. The molecule has 0 spiro atoms. The zero-order valence-electron chi connectivity index (χ0n) is 55.0. The molecule has 734 valence electrons. The van der Waals surface area contributed by atoms with Crippen LogP contribution in [-0.2, 0) is 445 Å². The Balaban J connectivity index is 0. The molecular formula is H146K10Ni4O70P2W18. The molecule has 0 aromatic carbocycles. The van der Waals surface area contributed by atoms with Crippen molar-refractivity contribution in [3.8, 4) is 0 Å². The maximum Gasteiger partial charge on any atom is 0 e. The van der Waals surface area contributed by atoms with E-state index in [1.54, 1.807) is 0 Å². The van der Waals surface area contributed by atoms with Crippen molar-refractivity contribution in [2.75, 3.05) is 0 Å². The average Bonchev–Trinajstić information content (AvgIpc) is 0. The molecule has 2 unspecified atom stereocenters. The van der Waals surface area contributed by atoms with Crippen molar-refractivity contribution >= 4 is 534 Å². The molecule has 0 bridgehead atoms. The van der Waals surface area contributed by atoms with E-state index in [1.807, 2.05) is 0 Å². The molecule has 0 heterocycles. The molecule has 0 rings (SSSR count). The summed E-state index contributed by atoms with van der Waals surface area (Å²) in [6, 6.07) is 0. The summed E-state index contributed by atoms with van der Waals surface area (Å²) in [5.41, 5.74) is 0. The van der Waals surface area contributed by atoms with Gasteiger partial charge in [-0.3, -0.25) is 0 Å². The van der Waals surface area contributed by atoms with Crippen molar-refractivity contribution in [3.63, 3.8) is 0 Å². The van der Waals surface area contributed by atoms with Gasteiger partial charge in [-0.25, -0.2) is 0 Å². The van der Waals surface area contributed by atoms with E-state index >= 15 is 0 Å². The first-order valence-corrected chi connectivity index (χ1v) is 0. The molecule has 0 aromatic rings. The van der Waals surface area contributed by atoms with Crippen molar-refractivity contribution in [3.05, 3.63) is 0 Å². The number of hydrogen-bond donors (Lipinski definition) is 0. The summed E-state index contributed by atoms with van der Waals surface area (Å²) in [5.74, 6) is 0. The molecular weight excluding hydrogens is 5120 g/mol. The maximum atomic E-state index is 0. The average molecular weight is 5260 g/mol. The first-order chi connectivity index (χ1) is 0. The maximum absolute atomic E-state index is 0. The van der Waals surface area contributed by atoms with Crippen molar-refractivity contribution in [2.24, 2.45) is 0 Å². The largest absolute Gasteiger partial charge is 0.412 e. The monoisotopic (exact) mass is 5260 g/mol. The SMILES string of the molecule is O.O.O.O.O.O.O.O.O.O.O.O.O.O.O.O.O.O.O.O.O.O.O.O.O.O.O.O.O.O.O.O.O.O.O.O.O.O.O.O.O.O.O.O.O.O.O.O.O.O.O.O.O.O.O.O.O.O.O.O.O.O.O.O.O.O.O.O.O.O.P.P.[K].[K].[K].[K].[K].[K].[K].[K].[K].[K].[Ni].[Ni].[Ni].[Ni].[W].[W].[W].[W].[W].[W].[W].[W].[W].[W].[W].[W].[W].[W].[W].[W].[W].[W]. The minimum atomic E-state index is 0. The van der Waals surface area contributed by atoms with Crippen molar-refractivity contribution in [1.82, 2.24) is 0 Å². The fourth-order valence-corrected chi connectivity index (χ4v) is 0. The van der Waals surface area contributed by atoms with Gasteiger partial charge in [-0.15, -0.1) is 0 Å². The summed E-state index contributed by atoms with van der Waals surface area (Å²) in [6.45, 7) is 0. The van der Waals surface area contributed by atoms with Crippen LogP contribution in [0.5, 0.6) is 0 Å². The Morgan fingerprint density at radius 1 is 0.0481 bits per heavy atom. The Labute approximate surface area is 1320 Å². The van der Waals surface area contributed by atoms with E-state index in [0.29, 0.717) is 0 Å². The van der Waals surface area contributed by atoms with Crippen LogP contribution in [0.4, 0.5) is 0 Å². The van der Waals surface area contributed by atoms with Crippen molar-refractivity contribution in [1.29, 1.82) is 0 Å². The molecule has 2 atom stereocenters. The molecule has 0 saturated heterocycles. The second-order valence-corrected chi connectivity index (χ2v) is 0. The Kier molecular flexibility index (Phi) is 72800. The van der Waals surface area contributed by atoms with Gasteiger partial charge in [0, 0.05) is 959 Å². The topological polar surface area (TPSA) is 2200 Å². The Morgan fingerprint density at radius 2 is 0.0481 bits per heavy atom. The van der Waals surface area contributed by atoms with E-state index in [9.17, 15) is 0 Å². The second kappa shape index (κ2) is 2720. The third-order valence-electron chi connectivity index (χ3n) is 0. The Hall–Kier alpha value is 28.8. The van der Waals surface area contributed by atoms with E-state index in [0.717, 1.165) is 0 Å².